The number of fused-ring (bicyclic) bond motifs is 1. The largest absolute Gasteiger partial charge is 0.496 e. The highest BCUT2D eigenvalue weighted by atomic mass is 35.5. The fraction of sp³-hybridized carbons (Fsp3) is 0.261. The van der Waals surface area contributed by atoms with E-state index in [-0.39, 0.29) is 6.10 Å². The van der Waals surface area contributed by atoms with E-state index in [1.807, 2.05) is 36.4 Å². The molecule has 9 heteroatoms. The van der Waals surface area contributed by atoms with Crippen LogP contribution in [0.3, 0.4) is 0 Å². The van der Waals surface area contributed by atoms with Gasteiger partial charge in [0.15, 0.2) is 5.65 Å². The molecule has 1 fully saturated rings. The number of hydrogen-bond donors (Lipinski definition) is 2. The van der Waals surface area contributed by atoms with Crippen LogP contribution in [0.25, 0.3) is 28.0 Å². The molecule has 2 aromatic heterocycles. The smallest absolute Gasteiger partial charge is 0.225 e. The molecule has 1 aliphatic rings. The van der Waals surface area contributed by atoms with Gasteiger partial charge in [0.05, 0.1) is 30.0 Å². The van der Waals surface area contributed by atoms with Crippen molar-refractivity contribution >= 4 is 34.4 Å². The molecule has 1 saturated heterocycles. The van der Waals surface area contributed by atoms with E-state index >= 15 is 0 Å². The Kier molecular flexibility index (Phi) is 5.55. The Bertz CT molecular complexity index is 1250. The summed E-state index contributed by atoms with van der Waals surface area (Å²) in [5, 5.41) is 9.28. The second-order valence-electron chi connectivity index (χ2n) is 7.58. The molecular formula is C23H23ClN6O2. The third-order valence-electron chi connectivity index (χ3n) is 5.51. The molecule has 0 spiro atoms. The molecule has 32 heavy (non-hydrogen) atoms. The van der Waals surface area contributed by atoms with Crippen molar-refractivity contribution in [2.24, 2.45) is 0 Å². The molecule has 0 aliphatic carbocycles. The van der Waals surface area contributed by atoms with Crippen LogP contribution in [0.1, 0.15) is 12.8 Å². The molecule has 0 bridgehead atoms. The maximum absolute atomic E-state index is 6.57. The maximum atomic E-state index is 6.57. The first-order valence-electron chi connectivity index (χ1n) is 10.4. The van der Waals surface area contributed by atoms with Crippen LogP contribution in [-0.4, -0.2) is 46.1 Å². The van der Waals surface area contributed by atoms with Crippen LogP contribution in [0.15, 0.2) is 48.5 Å². The van der Waals surface area contributed by atoms with E-state index in [2.05, 4.69) is 15.4 Å². The average Bonchev–Trinajstić information content (AvgIpc) is 3.46. The zero-order valence-electron chi connectivity index (χ0n) is 17.6. The van der Waals surface area contributed by atoms with Crippen molar-refractivity contribution in [2.45, 2.75) is 18.9 Å². The monoisotopic (exact) mass is 450 g/mol. The van der Waals surface area contributed by atoms with Crippen LogP contribution in [0.5, 0.6) is 5.75 Å². The molecule has 164 valence electrons. The maximum Gasteiger partial charge on any atom is 0.225 e. The van der Waals surface area contributed by atoms with Crippen LogP contribution in [0, 0.1) is 0 Å². The number of nitrogens with two attached hydrogens (primary N) is 1. The van der Waals surface area contributed by atoms with Gasteiger partial charge in [-0.25, -0.2) is 9.67 Å². The lowest BCUT2D eigenvalue weighted by atomic mass is 10.1. The molecule has 1 aliphatic heterocycles. The van der Waals surface area contributed by atoms with Gasteiger partial charge in [-0.05, 0) is 49.2 Å². The van der Waals surface area contributed by atoms with Gasteiger partial charge in [0.25, 0.3) is 0 Å². The summed E-state index contributed by atoms with van der Waals surface area (Å²) in [5.41, 5.74) is 9.30. The zero-order chi connectivity index (χ0) is 22.1. The molecule has 0 radical (unpaired) electrons. The van der Waals surface area contributed by atoms with E-state index in [4.69, 9.17) is 31.8 Å². The highest BCUT2D eigenvalue weighted by Gasteiger charge is 2.22. The molecule has 5 rings (SSSR count). The Labute approximate surface area is 190 Å². The summed E-state index contributed by atoms with van der Waals surface area (Å²) in [4.78, 5) is 9.46. The Hall–Kier alpha value is -3.36. The molecule has 4 aromatic rings. The molecular weight excluding hydrogens is 428 g/mol. The lowest BCUT2D eigenvalue weighted by Gasteiger charge is -2.13. The summed E-state index contributed by atoms with van der Waals surface area (Å²) >= 11 is 6.05. The number of nitrogen functional groups attached to an aromatic ring is 1. The number of nitrogens with one attached hydrogen (secondary N) is 1. The zero-order valence-corrected chi connectivity index (χ0v) is 18.3. The van der Waals surface area contributed by atoms with Crippen molar-refractivity contribution in [3.05, 3.63) is 53.6 Å². The van der Waals surface area contributed by atoms with E-state index in [0.29, 0.717) is 45.8 Å². The predicted octanol–water partition coefficient (Wildman–Crippen LogP) is 4.32. The summed E-state index contributed by atoms with van der Waals surface area (Å²) in [6.45, 7) is 1.42. The van der Waals surface area contributed by atoms with E-state index in [1.165, 1.54) is 0 Å². The van der Waals surface area contributed by atoms with Gasteiger partial charge in [-0.15, -0.1) is 5.10 Å². The van der Waals surface area contributed by atoms with Crippen molar-refractivity contribution in [1.82, 2.24) is 19.7 Å². The first-order chi connectivity index (χ1) is 15.6. The molecule has 1 atom stereocenters. The van der Waals surface area contributed by atoms with Crippen molar-refractivity contribution in [1.29, 1.82) is 0 Å². The quantitative estimate of drug-likeness (QED) is 0.451. The second-order valence-corrected chi connectivity index (χ2v) is 8.02. The van der Waals surface area contributed by atoms with Crippen LogP contribution in [0.2, 0.25) is 5.02 Å². The number of ether oxygens (including phenoxy) is 2. The first-order valence-corrected chi connectivity index (χ1v) is 10.8. The van der Waals surface area contributed by atoms with Gasteiger partial charge < -0.3 is 20.5 Å². The number of halogens is 1. The van der Waals surface area contributed by atoms with Crippen LogP contribution >= 0.6 is 11.6 Å². The predicted molar refractivity (Wildman–Crippen MR) is 126 cm³/mol. The number of benzene rings is 2. The summed E-state index contributed by atoms with van der Waals surface area (Å²) in [5.74, 6) is 1.60. The number of nitrogens with zero attached hydrogens (tertiary/aromatic N) is 4. The number of rotatable bonds is 6. The van der Waals surface area contributed by atoms with Crippen molar-refractivity contribution in [2.75, 3.05) is 31.3 Å². The van der Waals surface area contributed by atoms with Crippen molar-refractivity contribution in [3.8, 4) is 22.7 Å². The van der Waals surface area contributed by atoms with Gasteiger partial charge in [0, 0.05) is 23.7 Å². The van der Waals surface area contributed by atoms with Gasteiger partial charge in [-0.3, -0.25) is 0 Å². The van der Waals surface area contributed by atoms with Gasteiger partial charge in [0.2, 0.25) is 5.95 Å². The van der Waals surface area contributed by atoms with Crippen molar-refractivity contribution in [3.63, 3.8) is 0 Å². The van der Waals surface area contributed by atoms with Crippen LogP contribution < -0.4 is 15.8 Å². The molecule has 8 nitrogen and oxygen atoms in total. The third-order valence-corrected chi connectivity index (χ3v) is 5.77. The SMILES string of the molecule is COc1ccccc1-c1nc(NC[C@H]2CCCO2)nc2nn(-c3ccc(Cl)cc3)c(N)c12. The van der Waals surface area contributed by atoms with Gasteiger partial charge in [-0.1, -0.05) is 23.7 Å². The Morgan fingerprint density at radius 2 is 2.00 bits per heavy atom. The number of aromatic nitrogens is 4. The van der Waals surface area contributed by atoms with Gasteiger partial charge in [-0.2, -0.15) is 4.98 Å². The lowest BCUT2D eigenvalue weighted by Crippen LogP contribution is -2.19. The number of anilines is 2. The lowest BCUT2D eigenvalue weighted by molar-refractivity contribution is 0.120. The molecule has 3 N–H and O–H groups in total. The minimum atomic E-state index is 0.153. The summed E-state index contributed by atoms with van der Waals surface area (Å²) in [6, 6.07) is 15.0. The van der Waals surface area contributed by atoms with Crippen molar-refractivity contribution < 1.29 is 9.47 Å². The molecule has 3 heterocycles. The summed E-state index contributed by atoms with van der Waals surface area (Å²) in [7, 11) is 1.63. The summed E-state index contributed by atoms with van der Waals surface area (Å²) < 4.78 is 13.0. The Morgan fingerprint density at radius 3 is 2.75 bits per heavy atom. The van der Waals surface area contributed by atoms with E-state index in [9.17, 15) is 0 Å². The Morgan fingerprint density at radius 1 is 1.19 bits per heavy atom. The first kappa shape index (κ1) is 20.5. The Balaban J connectivity index is 1.66. The fourth-order valence-electron chi connectivity index (χ4n) is 3.92. The standard InChI is InChI=1S/C23H23ClN6O2/c1-31-18-7-3-2-6-17(18)20-19-21(25)30(15-10-8-14(24)9-11-15)29-22(19)28-23(27-20)26-13-16-5-4-12-32-16/h2-3,6-11,16H,4-5,12-13,25H2,1H3,(H,26,28,29)/t16-/m1/s1. The fourth-order valence-corrected chi connectivity index (χ4v) is 4.04. The van der Waals surface area contributed by atoms with Crippen LogP contribution in [0.4, 0.5) is 11.8 Å². The van der Waals surface area contributed by atoms with Gasteiger partial charge in [0.1, 0.15) is 11.6 Å². The number of hydrogen-bond acceptors (Lipinski definition) is 7. The molecule has 2 aromatic carbocycles. The average molecular weight is 451 g/mol. The third kappa shape index (κ3) is 3.83. The minimum Gasteiger partial charge on any atom is -0.496 e. The molecule has 0 unspecified atom stereocenters. The number of methoxy groups -OCH3 is 1. The number of para-hydroxylation sites is 1. The van der Waals surface area contributed by atoms with Gasteiger partial charge >= 0.3 is 0 Å². The highest BCUT2D eigenvalue weighted by Crippen LogP contribution is 2.37. The highest BCUT2D eigenvalue weighted by molar-refractivity contribution is 6.30. The van der Waals surface area contributed by atoms with E-state index < -0.39 is 0 Å². The topological polar surface area (TPSA) is 100 Å². The second kappa shape index (κ2) is 8.64. The summed E-state index contributed by atoms with van der Waals surface area (Å²) in [6.07, 6.45) is 2.24. The van der Waals surface area contributed by atoms with E-state index in [1.54, 1.807) is 23.9 Å². The minimum absolute atomic E-state index is 0.153. The van der Waals surface area contributed by atoms with Crippen LogP contribution in [-0.2, 0) is 4.74 Å². The normalized spacial score (nSPS) is 15.9. The molecule has 0 saturated carbocycles. The molecule has 0 amide bonds. The van der Waals surface area contributed by atoms with E-state index in [0.717, 1.165) is 30.7 Å².